The smallest absolute Gasteiger partial charge is 0.253 e. The molecule has 7 nitrogen and oxygen atoms in total. The van der Waals surface area contributed by atoms with Crippen LogP contribution in [0.1, 0.15) is 55.3 Å². The van der Waals surface area contributed by atoms with Gasteiger partial charge in [0.25, 0.3) is 5.91 Å². The third-order valence-corrected chi connectivity index (χ3v) is 6.55. The van der Waals surface area contributed by atoms with E-state index in [0.29, 0.717) is 23.3 Å². The highest BCUT2D eigenvalue weighted by Gasteiger charge is 2.31. The average Bonchev–Trinajstić information content (AvgIpc) is 3.32. The Bertz CT molecular complexity index is 790. The number of pyridine rings is 1. The SMILES string of the molecule is COCC1CCCCN1C[C@@H]1CCCC[C@H]1NC(=O)c1ccc(-n2cccn2)nc1. The number of piperidine rings is 1. The summed E-state index contributed by atoms with van der Waals surface area (Å²) in [5.74, 6) is 1.18. The zero-order valence-electron chi connectivity index (χ0n) is 17.9. The minimum absolute atomic E-state index is 0.0292. The number of aromatic nitrogens is 3. The molecule has 0 aromatic carbocycles. The molecule has 162 valence electrons. The predicted octanol–water partition coefficient (Wildman–Crippen LogP) is 3.06. The van der Waals surface area contributed by atoms with E-state index >= 15 is 0 Å². The lowest BCUT2D eigenvalue weighted by Gasteiger charge is -2.41. The molecule has 2 fully saturated rings. The van der Waals surface area contributed by atoms with Gasteiger partial charge in [-0.3, -0.25) is 9.69 Å². The molecule has 1 aliphatic heterocycles. The van der Waals surface area contributed by atoms with E-state index in [2.05, 4.69) is 20.3 Å². The van der Waals surface area contributed by atoms with Crippen molar-refractivity contribution in [3.05, 3.63) is 42.4 Å². The summed E-state index contributed by atoms with van der Waals surface area (Å²) in [5.41, 5.74) is 0.602. The van der Waals surface area contributed by atoms with E-state index < -0.39 is 0 Å². The molecular weight excluding hydrogens is 378 g/mol. The maximum Gasteiger partial charge on any atom is 0.253 e. The summed E-state index contributed by atoms with van der Waals surface area (Å²) in [6, 6.07) is 6.26. The van der Waals surface area contributed by atoms with Crippen LogP contribution in [0.4, 0.5) is 0 Å². The van der Waals surface area contributed by atoms with Gasteiger partial charge in [-0.2, -0.15) is 5.10 Å². The highest BCUT2D eigenvalue weighted by atomic mass is 16.5. The van der Waals surface area contributed by atoms with Crippen LogP contribution in [0.25, 0.3) is 5.82 Å². The van der Waals surface area contributed by atoms with Crippen LogP contribution in [0.15, 0.2) is 36.8 Å². The van der Waals surface area contributed by atoms with Crippen LogP contribution < -0.4 is 5.32 Å². The molecule has 3 atom stereocenters. The molecule has 1 aliphatic carbocycles. The van der Waals surface area contributed by atoms with E-state index in [9.17, 15) is 4.79 Å². The van der Waals surface area contributed by atoms with Gasteiger partial charge in [0.1, 0.15) is 0 Å². The minimum atomic E-state index is -0.0292. The van der Waals surface area contributed by atoms with Gasteiger partial charge in [-0.25, -0.2) is 9.67 Å². The van der Waals surface area contributed by atoms with E-state index in [1.807, 2.05) is 24.4 Å². The first-order valence-corrected chi connectivity index (χ1v) is 11.2. The first-order valence-electron chi connectivity index (χ1n) is 11.2. The van der Waals surface area contributed by atoms with Gasteiger partial charge in [0, 0.05) is 44.3 Å². The molecule has 4 rings (SSSR count). The van der Waals surface area contributed by atoms with Gasteiger partial charge in [-0.05, 0) is 56.3 Å². The van der Waals surface area contributed by atoms with Gasteiger partial charge >= 0.3 is 0 Å². The first-order chi connectivity index (χ1) is 14.7. The minimum Gasteiger partial charge on any atom is -0.383 e. The molecule has 1 saturated heterocycles. The summed E-state index contributed by atoms with van der Waals surface area (Å²) in [7, 11) is 1.79. The highest BCUT2D eigenvalue weighted by Crippen LogP contribution is 2.28. The number of nitrogens with zero attached hydrogens (tertiary/aromatic N) is 4. The van der Waals surface area contributed by atoms with E-state index in [-0.39, 0.29) is 11.9 Å². The number of nitrogens with one attached hydrogen (secondary N) is 1. The van der Waals surface area contributed by atoms with E-state index in [1.54, 1.807) is 24.2 Å². The standard InChI is InChI=1S/C23H33N5O2/c1-30-17-20-8-4-5-13-27(20)16-19-7-2-3-9-21(19)26-23(29)18-10-11-22(24-15-18)28-14-6-12-25-28/h6,10-12,14-15,19-21H,2-5,7-9,13,16-17H2,1H3,(H,26,29)/t19-,20?,21+/m0/s1. The largest absolute Gasteiger partial charge is 0.383 e. The Morgan fingerprint density at radius 1 is 1.20 bits per heavy atom. The Morgan fingerprint density at radius 2 is 2.07 bits per heavy atom. The van der Waals surface area contributed by atoms with Crippen LogP contribution >= 0.6 is 0 Å². The van der Waals surface area contributed by atoms with Gasteiger partial charge in [0.15, 0.2) is 5.82 Å². The quantitative estimate of drug-likeness (QED) is 0.758. The lowest BCUT2D eigenvalue weighted by atomic mass is 9.83. The van der Waals surface area contributed by atoms with Crippen LogP contribution in [0.5, 0.6) is 0 Å². The van der Waals surface area contributed by atoms with Gasteiger partial charge < -0.3 is 10.1 Å². The molecule has 7 heteroatoms. The summed E-state index contributed by atoms with van der Waals surface area (Å²) >= 11 is 0. The van der Waals surface area contributed by atoms with Gasteiger partial charge in [0.05, 0.1) is 12.2 Å². The number of carbonyl (C=O) groups is 1. The van der Waals surface area contributed by atoms with Crippen molar-refractivity contribution in [3.63, 3.8) is 0 Å². The Labute approximate surface area is 178 Å². The van der Waals surface area contributed by atoms with Crippen molar-refractivity contribution < 1.29 is 9.53 Å². The van der Waals surface area contributed by atoms with Gasteiger partial charge in [-0.15, -0.1) is 0 Å². The number of hydrogen-bond acceptors (Lipinski definition) is 5. The Morgan fingerprint density at radius 3 is 2.83 bits per heavy atom. The molecular formula is C23H33N5O2. The molecule has 2 aromatic heterocycles. The fraction of sp³-hybridized carbons (Fsp3) is 0.609. The fourth-order valence-corrected chi connectivity index (χ4v) is 4.91. The number of amides is 1. The molecule has 30 heavy (non-hydrogen) atoms. The number of carbonyl (C=O) groups excluding carboxylic acids is 1. The molecule has 1 unspecified atom stereocenters. The number of ether oxygens (including phenoxy) is 1. The molecule has 2 aliphatic rings. The zero-order valence-corrected chi connectivity index (χ0v) is 17.9. The predicted molar refractivity (Wildman–Crippen MR) is 116 cm³/mol. The molecule has 2 aromatic rings. The van der Waals surface area contributed by atoms with Crippen molar-refractivity contribution in [3.8, 4) is 5.82 Å². The fourth-order valence-electron chi connectivity index (χ4n) is 4.91. The molecule has 1 saturated carbocycles. The maximum atomic E-state index is 12.9. The van der Waals surface area contributed by atoms with Crippen molar-refractivity contribution in [1.29, 1.82) is 0 Å². The molecule has 0 radical (unpaired) electrons. The summed E-state index contributed by atoms with van der Waals surface area (Å²) in [5, 5.41) is 7.50. The van der Waals surface area contributed by atoms with Gasteiger partial charge in [-0.1, -0.05) is 19.3 Å². The Hall–Kier alpha value is -2.25. The summed E-state index contributed by atoms with van der Waals surface area (Å²) in [6.07, 6.45) is 13.6. The maximum absolute atomic E-state index is 12.9. The molecule has 0 bridgehead atoms. The number of methoxy groups -OCH3 is 1. The summed E-state index contributed by atoms with van der Waals surface area (Å²) in [4.78, 5) is 19.9. The zero-order chi connectivity index (χ0) is 20.8. The number of likely N-dealkylation sites (tertiary alicyclic amines) is 1. The Balaban J connectivity index is 1.38. The van der Waals surface area contributed by atoms with Crippen LogP contribution in [0, 0.1) is 5.92 Å². The summed E-state index contributed by atoms with van der Waals surface area (Å²) in [6.45, 7) is 3.00. The second-order valence-corrected chi connectivity index (χ2v) is 8.58. The number of rotatable bonds is 7. The van der Waals surface area contributed by atoms with Crippen LogP contribution in [-0.4, -0.2) is 64.5 Å². The van der Waals surface area contributed by atoms with Crippen LogP contribution in [0.2, 0.25) is 0 Å². The molecule has 1 N–H and O–H groups in total. The second-order valence-electron chi connectivity index (χ2n) is 8.58. The van der Waals surface area contributed by atoms with E-state index in [1.165, 1.54) is 38.5 Å². The molecule has 1 amide bonds. The van der Waals surface area contributed by atoms with E-state index in [0.717, 1.165) is 26.1 Å². The van der Waals surface area contributed by atoms with Crippen molar-refractivity contribution in [2.24, 2.45) is 5.92 Å². The van der Waals surface area contributed by atoms with Crippen molar-refractivity contribution in [2.75, 3.05) is 26.8 Å². The van der Waals surface area contributed by atoms with Gasteiger partial charge in [0.2, 0.25) is 0 Å². The lowest BCUT2D eigenvalue weighted by Crippen LogP contribution is -2.50. The van der Waals surface area contributed by atoms with Crippen LogP contribution in [0.3, 0.4) is 0 Å². The Kier molecular flexibility index (Phi) is 7.12. The topological polar surface area (TPSA) is 72.3 Å². The normalized spacial score (nSPS) is 25.2. The molecule has 0 spiro atoms. The average molecular weight is 412 g/mol. The van der Waals surface area contributed by atoms with Crippen LogP contribution in [-0.2, 0) is 4.74 Å². The highest BCUT2D eigenvalue weighted by molar-refractivity contribution is 5.94. The third-order valence-electron chi connectivity index (χ3n) is 6.55. The monoisotopic (exact) mass is 411 g/mol. The second kappa shape index (κ2) is 10.2. The molecule has 3 heterocycles. The van der Waals surface area contributed by atoms with Crippen molar-refractivity contribution in [2.45, 2.75) is 57.0 Å². The lowest BCUT2D eigenvalue weighted by molar-refractivity contribution is 0.0435. The summed E-state index contributed by atoms with van der Waals surface area (Å²) < 4.78 is 7.15. The first kappa shape index (κ1) is 21.0. The van der Waals surface area contributed by atoms with Crippen molar-refractivity contribution in [1.82, 2.24) is 25.0 Å². The van der Waals surface area contributed by atoms with Crippen molar-refractivity contribution >= 4 is 5.91 Å². The third kappa shape index (κ3) is 5.08. The van der Waals surface area contributed by atoms with E-state index in [4.69, 9.17) is 4.74 Å². The number of hydrogen-bond donors (Lipinski definition) is 1.